The van der Waals surface area contributed by atoms with Crippen molar-refractivity contribution in [1.29, 1.82) is 0 Å². The molecule has 0 unspecified atom stereocenters. The molecule has 0 aromatic heterocycles. The molecule has 4 nitrogen and oxygen atoms in total. The summed E-state index contributed by atoms with van der Waals surface area (Å²) in [5.74, 6) is 0.861. The van der Waals surface area contributed by atoms with E-state index in [1.807, 2.05) is 36.2 Å². The largest absolute Gasteiger partial charge is 0.363 e. The lowest BCUT2D eigenvalue weighted by atomic mass is 10.3. The fourth-order valence-corrected chi connectivity index (χ4v) is 2.00. The number of halogens is 1. The molecule has 0 radical (unpaired) electrons. The van der Waals surface area contributed by atoms with Crippen molar-refractivity contribution in [1.82, 2.24) is 4.90 Å². The molecule has 0 bridgehead atoms. The molecule has 1 aliphatic heterocycles. The zero-order chi connectivity index (χ0) is 12.3. The average Bonchev–Trinajstić information content (AvgIpc) is 2.68. The number of hydrogen-bond acceptors (Lipinski definition) is 1. The van der Waals surface area contributed by atoms with Crippen molar-refractivity contribution in [2.75, 3.05) is 18.9 Å². The van der Waals surface area contributed by atoms with Crippen LogP contribution in [0.3, 0.4) is 0 Å². The van der Waals surface area contributed by atoms with Crippen LogP contribution in [-0.4, -0.2) is 30.4 Å². The lowest BCUT2D eigenvalue weighted by Crippen LogP contribution is -2.21. The molecular formula is C12H14BrN3O. The summed E-state index contributed by atoms with van der Waals surface area (Å²) in [6.45, 7) is 0.977. The molecule has 1 heterocycles. The van der Waals surface area contributed by atoms with Gasteiger partial charge in [0.15, 0.2) is 0 Å². The maximum absolute atomic E-state index is 11.7. The van der Waals surface area contributed by atoms with Crippen molar-refractivity contribution in [3.05, 3.63) is 28.7 Å². The fourth-order valence-electron chi connectivity index (χ4n) is 1.74. The van der Waals surface area contributed by atoms with Crippen molar-refractivity contribution < 1.29 is 4.79 Å². The third kappa shape index (κ3) is 3.30. The van der Waals surface area contributed by atoms with E-state index in [2.05, 4.69) is 26.2 Å². The van der Waals surface area contributed by atoms with Crippen LogP contribution in [0.4, 0.5) is 10.5 Å². The summed E-state index contributed by atoms with van der Waals surface area (Å²) in [6.07, 6.45) is 1.95. The molecular weight excluding hydrogens is 282 g/mol. The number of anilines is 1. The third-order valence-corrected chi connectivity index (χ3v) is 3.19. The molecule has 5 heteroatoms. The Bertz CT molecular complexity index is 442. The van der Waals surface area contributed by atoms with Gasteiger partial charge in [-0.25, -0.2) is 4.79 Å². The van der Waals surface area contributed by atoms with E-state index in [9.17, 15) is 4.79 Å². The number of carbonyl (C=O) groups is 1. The third-order valence-electron chi connectivity index (χ3n) is 2.66. The van der Waals surface area contributed by atoms with Crippen molar-refractivity contribution in [3.8, 4) is 0 Å². The van der Waals surface area contributed by atoms with Crippen LogP contribution < -0.4 is 5.32 Å². The first-order valence-corrected chi connectivity index (χ1v) is 6.30. The zero-order valence-corrected chi connectivity index (χ0v) is 11.2. The van der Waals surface area contributed by atoms with Gasteiger partial charge in [0.25, 0.3) is 0 Å². The molecule has 1 aromatic carbocycles. The van der Waals surface area contributed by atoms with Crippen molar-refractivity contribution in [3.63, 3.8) is 0 Å². The van der Waals surface area contributed by atoms with E-state index in [0.29, 0.717) is 0 Å². The minimum Gasteiger partial charge on any atom is -0.363 e. The molecule has 1 fully saturated rings. The number of amides is 2. The lowest BCUT2D eigenvalue weighted by Gasteiger charge is -2.10. The van der Waals surface area contributed by atoms with E-state index in [1.54, 1.807) is 0 Å². The number of amidine groups is 1. The van der Waals surface area contributed by atoms with Gasteiger partial charge in [0.2, 0.25) is 0 Å². The summed E-state index contributed by atoms with van der Waals surface area (Å²) >= 11 is 3.34. The predicted octanol–water partition coefficient (Wildman–Crippen LogP) is 3.11. The highest BCUT2D eigenvalue weighted by Crippen LogP contribution is 2.15. The van der Waals surface area contributed by atoms with Gasteiger partial charge in [-0.1, -0.05) is 15.9 Å². The number of nitrogens with zero attached hydrogens (tertiary/aromatic N) is 2. The highest BCUT2D eigenvalue weighted by molar-refractivity contribution is 9.10. The molecule has 0 aliphatic carbocycles. The maximum Gasteiger partial charge on any atom is 0.347 e. The first-order chi connectivity index (χ1) is 8.15. The van der Waals surface area contributed by atoms with Crippen LogP contribution in [0.25, 0.3) is 0 Å². The Morgan fingerprint density at radius 2 is 2.12 bits per heavy atom. The van der Waals surface area contributed by atoms with Crippen LogP contribution in [0.15, 0.2) is 33.7 Å². The number of hydrogen-bond donors (Lipinski definition) is 1. The van der Waals surface area contributed by atoms with Gasteiger partial charge in [-0.3, -0.25) is 0 Å². The predicted molar refractivity (Wildman–Crippen MR) is 72.5 cm³/mol. The molecule has 0 saturated carbocycles. The van der Waals surface area contributed by atoms with Crippen LogP contribution in [0.2, 0.25) is 0 Å². The van der Waals surface area contributed by atoms with Gasteiger partial charge in [-0.05, 0) is 30.7 Å². The standard InChI is InChI=1S/C12H14BrN3O/c1-16-8-2-3-11(16)15-12(17)14-10-6-4-9(13)5-7-10/h4-7H,2-3,8H2,1H3,(H,14,17). The molecule has 2 rings (SSSR count). The molecule has 1 aliphatic rings. The van der Waals surface area contributed by atoms with Crippen molar-refractivity contribution in [2.45, 2.75) is 12.8 Å². The Labute approximate surface area is 109 Å². The van der Waals surface area contributed by atoms with E-state index in [-0.39, 0.29) is 6.03 Å². The second-order valence-corrected chi connectivity index (χ2v) is 4.91. The van der Waals surface area contributed by atoms with Gasteiger partial charge in [0, 0.05) is 30.2 Å². The first-order valence-electron chi connectivity index (χ1n) is 5.50. The van der Waals surface area contributed by atoms with E-state index in [1.165, 1.54) is 0 Å². The highest BCUT2D eigenvalue weighted by atomic mass is 79.9. The van der Waals surface area contributed by atoms with Crippen LogP contribution in [0, 0.1) is 0 Å². The minimum atomic E-state index is -0.309. The smallest absolute Gasteiger partial charge is 0.347 e. The van der Waals surface area contributed by atoms with Crippen molar-refractivity contribution >= 4 is 33.5 Å². The molecule has 17 heavy (non-hydrogen) atoms. The Hall–Kier alpha value is -1.36. The summed E-state index contributed by atoms with van der Waals surface area (Å²) in [4.78, 5) is 17.7. The van der Waals surface area contributed by atoms with Gasteiger partial charge < -0.3 is 10.2 Å². The van der Waals surface area contributed by atoms with Gasteiger partial charge >= 0.3 is 6.03 Å². The Morgan fingerprint density at radius 1 is 1.41 bits per heavy atom. The second-order valence-electron chi connectivity index (χ2n) is 3.99. The Kier molecular flexibility index (Phi) is 3.78. The number of carbonyl (C=O) groups excluding carboxylic acids is 1. The van der Waals surface area contributed by atoms with Crippen LogP contribution in [-0.2, 0) is 0 Å². The SMILES string of the molecule is CN1CCCC1=NC(=O)Nc1ccc(Br)cc1. The summed E-state index contributed by atoms with van der Waals surface area (Å²) in [5.41, 5.74) is 0.753. The second kappa shape index (κ2) is 5.31. The fraction of sp³-hybridized carbons (Fsp3) is 0.333. The molecule has 90 valence electrons. The summed E-state index contributed by atoms with van der Waals surface area (Å²) < 4.78 is 0.984. The van der Waals surface area contributed by atoms with Crippen molar-refractivity contribution in [2.24, 2.45) is 4.99 Å². The molecule has 0 spiro atoms. The number of rotatable bonds is 1. The molecule has 1 saturated heterocycles. The van der Waals surface area contributed by atoms with Crippen LogP contribution in [0.1, 0.15) is 12.8 Å². The van der Waals surface area contributed by atoms with E-state index >= 15 is 0 Å². The maximum atomic E-state index is 11.7. The Balaban J connectivity index is 2.00. The van der Waals surface area contributed by atoms with E-state index < -0.39 is 0 Å². The number of urea groups is 1. The van der Waals surface area contributed by atoms with Crippen LogP contribution in [0.5, 0.6) is 0 Å². The summed E-state index contributed by atoms with van der Waals surface area (Å²) in [5, 5.41) is 2.74. The number of aliphatic imine (C=N–C) groups is 1. The zero-order valence-electron chi connectivity index (χ0n) is 9.61. The van der Waals surface area contributed by atoms with Gasteiger partial charge in [0.05, 0.1) is 0 Å². The summed E-state index contributed by atoms with van der Waals surface area (Å²) in [7, 11) is 1.96. The molecule has 0 atom stereocenters. The quantitative estimate of drug-likeness (QED) is 0.865. The molecule has 2 amide bonds. The Morgan fingerprint density at radius 3 is 2.71 bits per heavy atom. The molecule has 1 aromatic rings. The number of nitrogens with one attached hydrogen (secondary N) is 1. The van der Waals surface area contributed by atoms with E-state index in [4.69, 9.17) is 0 Å². The number of likely N-dealkylation sites (tertiary alicyclic amines) is 1. The lowest BCUT2D eigenvalue weighted by molar-refractivity contribution is 0.259. The van der Waals surface area contributed by atoms with Gasteiger partial charge in [0.1, 0.15) is 5.84 Å². The van der Waals surface area contributed by atoms with E-state index in [0.717, 1.165) is 35.4 Å². The normalized spacial score (nSPS) is 17.5. The molecule has 1 N–H and O–H groups in total. The first kappa shape index (κ1) is 12.1. The topological polar surface area (TPSA) is 44.7 Å². The van der Waals surface area contributed by atoms with Crippen LogP contribution >= 0.6 is 15.9 Å². The number of benzene rings is 1. The van der Waals surface area contributed by atoms with Gasteiger partial charge in [-0.15, -0.1) is 0 Å². The minimum absolute atomic E-state index is 0.309. The highest BCUT2D eigenvalue weighted by Gasteiger charge is 2.15. The summed E-state index contributed by atoms with van der Waals surface area (Å²) in [6, 6.07) is 7.12. The monoisotopic (exact) mass is 295 g/mol. The average molecular weight is 296 g/mol. The van der Waals surface area contributed by atoms with Gasteiger partial charge in [-0.2, -0.15) is 4.99 Å².